The van der Waals surface area contributed by atoms with Crippen LogP contribution < -0.4 is 0 Å². The summed E-state index contributed by atoms with van der Waals surface area (Å²) in [6.45, 7) is 2.02. The second-order valence-corrected chi connectivity index (χ2v) is 6.05. The Kier molecular flexibility index (Phi) is 3.23. The predicted octanol–water partition coefficient (Wildman–Crippen LogP) is 5.60. The molecule has 0 saturated heterocycles. The first-order valence-electron chi connectivity index (χ1n) is 5.80. The largest absolute Gasteiger partial charge is 0.313 e. The average Bonchev–Trinajstić information content (AvgIpc) is 2.70. The molecule has 0 N–H and O–H groups in total. The van der Waals surface area contributed by atoms with E-state index in [9.17, 15) is 4.39 Å². The van der Waals surface area contributed by atoms with Crippen LogP contribution in [0.2, 0.25) is 0 Å². The van der Waals surface area contributed by atoms with Gasteiger partial charge in [-0.15, -0.1) is 0 Å². The summed E-state index contributed by atoms with van der Waals surface area (Å²) in [5.41, 5.74) is 2.93. The average molecular weight is 383 g/mol. The van der Waals surface area contributed by atoms with E-state index in [0.717, 1.165) is 26.8 Å². The third-order valence-corrected chi connectivity index (χ3v) is 5.10. The zero-order valence-corrected chi connectivity index (χ0v) is 13.3. The minimum Gasteiger partial charge on any atom is -0.313 e. The summed E-state index contributed by atoms with van der Waals surface area (Å²) in [4.78, 5) is 0. The van der Waals surface area contributed by atoms with Gasteiger partial charge in [0.05, 0.1) is 15.7 Å². The number of para-hydroxylation sites is 1. The van der Waals surface area contributed by atoms with E-state index in [1.54, 1.807) is 0 Å². The van der Waals surface area contributed by atoms with E-state index < -0.39 is 0 Å². The Morgan fingerprint density at radius 2 is 1.79 bits per heavy atom. The minimum absolute atomic E-state index is 0.262. The summed E-state index contributed by atoms with van der Waals surface area (Å²) in [6.07, 6.45) is 0. The molecule has 96 valence electrons. The monoisotopic (exact) mass is 381 g/mol. The van der Waals surface area contributed by atoms with Gasteiger partial charge in [-0.3, -0.25) is 0 Å². The molecule has 1 aromatic heterocycles. The van der Waals surface area contributed by atoms with Crippen LogP contribution in [0.4, 0.5) is 4.39 Å². The van der Waals surface area contributed by atoms with Crippen LogP contribution in [0.15, 0.2) is 51.4 Å². The summed E-state index contributed by atoms with van der Waals surface area (Å²) < 4.78 is 17.3. The molecule has 0 aliphatic rings. The van der Waals surface area contributed by atoms with Crippen molar-refractivity contribution in [2.24, 2.45) is 0 Å². The highest BCUT2D eigenvalue weighted by Gasteiger charge is 2.13. The molecule has 1 nitrogen and oxygen atoms in total. The van der Waals surface area contributed by atoms with E-state index in [1.807, 2.05) is 29.7 Å². The third kappa shape index (κ3) is 2.13. The first-order valence-corrected chi connectivity index (χ1v) is 7.38. The van der Waals surface area contributed by atoms with E-state index in [2.05, 4.69) is 44.0 Å². The van der Waals surface area contributed by atoms with E-state index in [4.69, 9.17) is 0 Å². The van der Waals surface area contributed by atoms with Crippen LogP contribution in [-0.2, 0) is 0 Å². The fraction of sp³-hybridized carbons (Fsp3) is 0.0667. The van der Waals surface area contributed by atoms with Gasteiger partial charge < -0.3 is 4.57 Å². The van der Waals surface area contributed by atoms with Crippen molar-refractivity contribution in [1.29, 1.82) is 0 Å². The van der Waals surface area contributed by atoms with Crippen LogP contribution >= 0.6 is 31.9 Å². The van der Waals surface area contributed by atoms with E-state index in [0.29, 0.717) is 4.47 Å². The van der Waals surface area contributed by atoms with Crippen LogP contribution in [-0.4, -0.2) is 4.57 Å². The second-order valence-electron chi connectivity index (χ2n) is 4.40. The lowest BCUT2D eigenvalue weighted by Crippen LogP contribution is -1.98. The molecule has 0 fully saturated rings. The molecule has 4 heteroatoms. The third-order valence-electron chi connectivity index (χ3n) is 3.11. The first-order chi connectivity index (χ1) is 9.08. The number of halogens is 3. The zero-order chi connectivity index (χ0) is 13.6. The lowest BCUT2D eigenvalue weighted by molar-refractivity contribution is 0.625. The maximum atomic E-state index is 13.7. The Hall–Kier alpha value is -1.13. The quantitative estimate of drug-likeness (QED) is 0.482. The zero-order valence-electron chi connectivity index (χ0n) is 10.1. The fourth-order valence-electron chi connectivity index (χ4n) is 2.32. The fourth-order valence-corrected chi connectivity index (χ4v) is 3.15. The summed E-state index contributed by atoms with van der Waals surface area (Å²) in [7, 11) is 0. The topological polar surface area (TPSA) is 4.93 Å². The van der Waals surface area contributed by atoms with Crippen LogP contribution in [0.3, 0.4) is 0 Å². The normalized spacial score (nSPS) is 11.2. The van der Waals surface area contributed by atoms with Crippen molar-refractivity contribution >= 4 is 42.8 Å². The standard InChI is InChI=1S/C15H10Br2FN/c1-9-6-10-4-2-3-5-13(10)19(9)14-8-11(18)7-12(16)15(14)17/h2-8H,1H3. The van der Waals surface area contributed by atoms with Crippen molar-refractivity contribution in [2.75, 3.05) is 0 Å². The summed E-state index contributed by atoms with van der Waals surface area (Å²) in [6, 6.07) is 13.2. The van der Waals surface area contributed by atoms with Gasteiger partial charge >= 0.3 is 0 Å². The Balaban J connectivity index is 2.39. The van der Waals surface area contributed by atoms with Crippen LogP contribution in [0.25, 0.3) is 16.6 Å². The molecule has 0 aliphatic carbocycles. The van der Waals surface area contributed by atoms with E-state index >= 15 is 0 Å². The van der Waals surface area contributed by atoms with Gasteiger partial charge in [-0.1, -0.05) is 18.2 Å². The summed E-state index contributed by atoms with van der Waals surface area (Å²) in [5, 5.41) is 1.15. The molecular formula is C15H10Br2FN. The van der Waals surface area contributed by atoms with E-state index in [-0.39, 0.29) is 5.82 Å². The molecule has 0 spiro atoms. The molecule has 0 bridgehead atoms. The van der Waals surface area contributed by atoms with Crippen molar-refractivity contribution in [1.82, 2.24) is 4.57 Å². The Bertz CT molecular complexity index is 777. The number of hydrogen-bond acceptors (Lipinski definition) is 0. The number of benzene rings is 2. The molecule has 0 atom stereocenters. The molecule has 3 aromatic rings. The molecule has 0 unspecified atom stereocenters. The van der Waals surface area contributed by atoms with Gasteiger partial charge in [-0.25, -0.2) is 4.39 Å². The number of hydrogen-bond donors (Lipinski definition) is 0. The Morgan fingerprint density at radius 3 is 2.58 bits per heavy atom. The molecule has 3 rings (SSSR count). The maximum absolute atomic E-state index is 13.7. The van der Waals surface area contributed by atoms with Crippen molar-refractivity contribution < 1.29 is 4.39 Å². The number of fused-ring (bicyclic) bond motifs is 1. The van der Waals surface area contributed by atoms with Gasteiger partial charge in [0.25, 0.3) is 0 Å². The number of rotatable bonds is 1. The van der Waals surface area contributed by atoms with Crippen LogP contribution in [0.1, 0.15) is 5.69 Å². The van der Waals surface area contributed by atoms with Gasteiger partial charge in [-0.2, -0.15) is 0 Å². The highest BCUT2D eigenvalue weighted by Crippen LogP contribution is 2.34. The van der Waals surface area contributed by atoms with Crippen molar-refractivity contribution in [3.05, 3.63) is 62.9 Å². The highest BCUT2D eigenvalue weighted by atomic mass is 79.9. The van der Waals surface area contributed by atoms with Gasteiger partial charge in [0.15, 0.2) is 0 Å². The maximum Gasteiger partial charge on any atom is 0.126 e. The highest BCUT2D eigenvalue weighted by molar-refractivity contribution is 9.13. The van der Waals surface area contributed by atoms with Gasteiger partial charge in [-0.05, 0) is 63.0 Å². The lowest BCUT2D eigenvalue weighted by Gasteiger charge is -2.12. The van der Waals surface area contributed by atoms with Gasteiger partial charge in [0, 0.05) is 15.6 Å². The smallest absolute Gasteiger partial charge is 0.126 e. The molecule has 0 radical (unpaired) electrons. The summed E-state index contributed by atoms with van der Waals surface area (Å²) in [5.74, 6) is -0.262. The lowest BCUT2D eigenvalue weighted by atomic mass is 10.2. The van der Waals surface area contributed by atoms with Gasteiger partial charge in [0.2, 0.25) is 0 Å². The molecule has 0 amide bonds. The van der Waals surface area contributed by atoms with Crippen molar-refractivity contribution in [3.8, 4) is 5.69 Å². The van der Waals surface area contributed by atoms with Crippen molar-refractivity contribution in [3.63, 3.8) is 0 Å². The molecule has 1 heterocycles. The van der Waals surface area contributed by atoms with Gasteiger partial charge in [0.1, 0.15) is 5.82 Å². The predicted molar refractivity (Wildman–Crippen MR) is 83.4 cm³/mol. The SMILES string of the molecule is Cc1cc2ccccc2n1-c1cc(F)cc(Br)c1Br. The molecular weight excluding hydrogens is 373 g/mol. The van der Waals surface area contributed by atoms with Crippen LogP contribution in [0.5, 0.6) is 0 Å². The van der Waals surface area contributed by atoms with Crippen molar-refractivity contribution in [2.45, 2.75) is 6.92 Å². The molecule has 19 heavy (non-hydrogen) atoms. The summed E-state index contributed by atoms with van der Waals surface area (Å²) >= 11 is 6.89. The second kappa shape index (κ2) is 4.76. The Morgan fingerprint density at radius 1 is 1.05 bits per heavy atom. The number of aryl methyl sites for hydroxylation is 1. The molecule has 0 saturated carbocycles. The minimum atomic E-state index is -0.262. The number of nitrogens with zero attached hydrogens (tertiary/aromatic N) is 1. The van der Waals surface area contributed by atoms with Crippen LogP contribution in [0, 0.1) is 12.7 Å². The molecule has 0 aliphatic heterocycles. The van der Waals surface area contributed by atoms with E-state index in [1.165, 1.54) is 12.1 Å². The first kappa shape index (κ1) is 12.9. The number of aromatic nitrogens is 1. The molecule has 2 aromatic carbocycles. The Labute approximate surface area is 127 Å².